The van der Waals surface area contributed by atoms with Crippen LogP contribution < -0.4 is 0 Å². The van der Waals surface area contributed by atoms with Crippen molar-refractivity contribution in [2.24, 2.45) is 5.92 Å². The van der Waals surface area contributed by atoms with E-state index in [1.165, 1.54) is 12.6 Å². The number of rotatable bonds is 4. The maximum atomic E-state index is 14.2. The summed E-state index contributed by atoms with van der Waals surface area (Å²) in [4.78, 5) is 23.1. The van der Waals surface area contributed by atoms with Gasteiger partial charge in [-0.05, 0) is 43.7 Å². The maximum absolute atomic E-state index is 14.2. The summed E-state index contributed by atoms with van der Waals surface area (Å²) in [5.74, 6) is 1.39. The quantitative estimate of drug-likeness (QED) is 0.783. The Bertz CT molecular complexity index is 884. The second-order valence-corrected chi connectivity index (χ2v) is 8.34. The van der Waals surface area contributed by atoms with Gasteiger partial charge in [0.25, 0.3) is 5.89 Å². The van der Waals surface area contributed by atoms with Gasteiger partial charge in [-0.15, -0.1) is 0 Å². The third-order valence-corrected chi connectivity index (χ3v) is 6.54. The highest BCUT2D eigenvalue weighted by Crippen LogP contribution is 2.33. The summed E-state index contributed by atoms with van der Waals surface area (Å²) in [5.41, 5.74) is 1.08. The molecule has 1 amide bonds. The Balaban J connectivity index is 1.26. The fraction of sp³-hybridized carbons (Fsp3) is 0.619. The summed E-state index contributed by atoms with van der Waals surface area (Å²) >= 11 is 0. The van der Waals surface area contributed by atoms with Crippen LogP contribution in [0.3, 0.4) is 0 Å². The molecule has 0 N–H and O–H groups in total. The molecule has 0 spiro atoms. The van der Waals surface area contributed by atoms with Crippen LogP contribution in [0.5, 0.6) is 0 Å². The molecule has 0 radical (unpaired) electrons. The van der Waals surface area contributed by atoms with E-state index in [1.54, 1.807) is 6.07 Å². The molecular formula is C21H25FN4O3. The third-order valence-electron chi connectivity index (χ3n) is 6.54. The van der Waals surface area contributed by atoms with Crippen LogP contribution in [-0.2, 0) is 9.53 Å². The molecule has 7 nitrogen and oxygen atoms in total. The Morgan fingerprint density at radius 1 is 1.14 bits per heavy atom. The highest BCUT2D eigenvalue weighted by molar-refractivity contribution is 5.79. The highest BCUT2D eigenvalue weighted by atomic mass is 19.1. The molecule has 3 aliphatic rings. The van der Waals surface area contributed by atoms with Crippen molar-refractivity contribution in [2.45, 2.75) is 50.4 Å². The summed E-state index contributed by atoms with van der Waals surface area (Å²) in [7, 11) is 0. The van der Waals surface area contributed by atoms with Gasteiger partial charge in [0.1, 0.15) is 11.5 Å². The maximum Gasteiger partial charge on any atom is 0.276 e. The highest BCUT2D eigenvalue weighted by Gasteiger charge is 2.33. The number of ether oxygens (including phenoxy) is 1. The lowest BCUT2D eigenvalue weighted by molar-refractivity contribution is -0.139. The lowest BCUT2D eigenvalue weighted by atomic mass is 9.83. The molecule has 8 heteroatoms. The lowest BCUT2D eigenvalue weighted by Crippen LogP contribution is -2.43. The molecule has 4 heterocycles. The molecule has 1 aliphatic carbocycles. The van der Waals surface area contributed by atoms with Crippen LogP contribution in [0, 0.1) is 11.7 Å². The second kappa shape index (κ2) is 7.82. The number of amides is 1. The van der Waals surface area contributed by atoms with E-state index in [0.29, 0.717) is 42.1 Å². The standard InChI is InChI=1S/C21H25FN4O3/c22-17-11-23-18(10-16(17)15-6-9-28-12-15)20-24-19(25-29-20)13-4-7-26(8-5-13)21(27)14-2-1-3-14/h10-11,13-15H,1-9,12H2. The van der Waals surface area contributed by atoms with E-state index >= 15 is 0 Å². The zero-order valence-electron chi connectivity index (χ0n) is 16.3. The van der Waals surface area contributed by atoms with Crippen molar-refractivity contribution in [3.05, 3.63) is 29.5 Å². The van der Waals surface area contributed by atoms with Gasteiger partial charge in [-0.2, -0.15) is 4.98 Å². The molecule has 2 saturated heterocycles. The largest absolute Gasteiger partial charge is 0.381 e. The van der Waals surface area contributed by atoms with Crippen molar-refractivity contribution >= 4 is 5.91 Å². The zero-order chi connectivity index (χ0) is 19.8. The number of nitrogens with zero attached hydrogens (tertiary/aromatic N) is 4. The number of carbonyl (C=O) groups excluding carboxylic acids is 1. The first kappa shape index (κ1) is 18.7. The predicted octanol–water partition coefficient (Wildman–Crippen LogP) is 3.28. The average Bonchev–Trinajstić information content (AvgIpc) is 3.39. The van der Waals surface area contributed by atoms with Crippen LogP contribution in [0.2, 0.25) is 0 Å². The second-order valence-electron chi connectivity index (χ2n) is 8.34. The number of halogens is 1. The van der Waals surface area contributed by atoms with Gasteiger partial charge in [-0.1, -0.05) is 11.6 Å². The minimum atomic E-state index is -0.326. The first-order valence-electron chi connectivity index (χ1n) is 10.5. The molecule has 0 aromatic carbocycles. The number of carbonyl (C=O) groups is 1. The lowest BCUT2D eigenvalue weighted by Gasteiger charge is -2.35. The number of piperidine rings is 1. The predicted molar refractivity (Wildman–Crippen MR) is 102 cm³/mol. The van der Waals surface area contributed by atoms with Crippen molar-refractivity contribution in [3.8, 4) is 11.6 Å². The number of hydrogen-bond donors (Lipinski definition) is 0. The van der Waals surface area contributed by atoms with E-state index in [1.807, 2.05) is 4.90 Å². The summed E-state index contributed by atoms with van der Waals surface area (Å²) in [6.07, 6.45) is 6.92. The Kier molecular flexibility index (Phi) is 5.03. The number of pyridine rings is 1. The van der Waals surface area contributed by atoms with Gasteiger partial charge in [-0.3, -0.25) is 4.79 Å². The molecule has 1 atom stereocenters. The molecule has 2 aromatic heterocycles. The van der Waals surface area contributed by atoms with Crippen molar-refractivity contribution in [1.29, 1.82) is 0 Å². The molecule has 154 valence electrons. The SMILES string of the molecule is O=C(C1CCC1)N1CCC(c2noc(-c3cc(C4CCOC4)c(F)cn3)n2)CC1. The van der Waals surface area contributed by atoms with E-state index in [4.69, 9.17) is 9.26 Å². The van der Waals surface area contributed by atoms with E-state index < -0.39 is 0 Å². The molecule has 3 fully saturated rings. The van der Waals surface area contributed by atoms with E-state index in [9.17, 15) is 9.18 Å². The van der Waals surface area contributed by atoms with Crippen molar-refractivity contribution in [3.63, 3.8) is 0 Å². The van der Waals surface area contributed by atoms with E-state index in [0.717, 1.165) is 45.2 Å². The summed E-state index contributed by atoms with van der Waals surface area (Å²) < 4.78 is 25.0. The summed E-state index contributed by atoms with van der Waals surface area (Å²) in [6, 6.07) is 1.70. The topological polar surface area (TPSA) is 81.4 Å². The Hall–Kier alpha value is -2.35. The fourth-order valence-electron chi connectivity index (χ4n) is 4.44. The Morgan fingerprint density at radius 2 is 1.97 bits per heavy atom. The number of likely N-dealkylation sites (tertiary alicyclic amines) is 1. The van der Waals surface area contributed by atoms with Gasteiger partial charge in [0, 0.05) is 37.5 Å². The van der Waals surface area contributed by atoms with Gasteiger partial charge < -0.3 is 14.2 Å². The average molecular weight is 400 g/mol. The van der Waals surface area contributed by atoms with Crippen molar-refractivity contribution in [1.82, 2.24) is 20.0 Å². The minimum absolute atomic E-state index is 0.0386. The summed E-state index contributed by atoms with van der Waals surface area (Å²) in [6.45, 7) is 2.65. The van der Waals surface area contributed by atoms with Crippen molar-refractivity contribution < 1.29 is 18.4 Å². The molecule has 29 heavy (non-hydrogen) atoms. The van der Waals surface area contributed by atoms with Crippen LogP contribution >= 0.6 is 0 Å². The molecule has 5 rings (SSSR count). The molecular weight excluding hydrogens is 375 g/mol. The van der Waals surface area contributed by atoms with Crippen molar-refractivity contribution in [2.75, 3.05) is 26.3 Å². The number of aromatic nitrogens is 3. The smallest absolute Gasteiger partial charge is 0.276 e. The zero-order valence-corrected chi connectivity index (χ0v) is 16.3. The Morgan fingerprint density at radius 3 is 2.66 bits per heavy atom. The first-order chi connectivity index (χ1) is 14.2. The van der Waals surface area contributed by atoms with Gasteiger partial charge in [0.2, 0.25) is 5.91 Å². The minimum Gasteiger partial charge on any atom is -0.381 e. The van der Waals surface area contributed by atoms with Gasteiger partial charge >= 0.3 is 0 Å². The first-order valence-corrected chi connectivity index (χ1v) is 10.5. The van der Waals surface area contributed by atoms with Gasteiger partial charge in [0.05, 0.1) is 12.8 Å². The Labute approximate surface area is 168 Å². The molecule has 2 aliphatic heterocycles. The monoisotopic (exact) mass is 400 g/mol. The molecule has 0 bridgehead atoms. The number of hydrogen-bond acceptors (Lipinski definition) is 6. The van der Waals surface area contributed by atoms with Crippen LogP contribution in [0.25, 0.3) is 11.6 Å². The van der Waals surface area contributed by atoms with Gasteiger partial charge in [0.15, 0.2) is 5.82 Å². The van der Waals surface area contributed by atoms with Crippen LogP contribution in [0.15, 0.2) is 16.8 Å². The van der Waals surface area contributed by atoms with Crippen LogP contribution in [0.1, 0.15) is 61.7 Å². The van der Waals surface area contributed by atoms with E-state index in [2.05, 4.69) is 15.1 Å². The fourth-order valence-corrected chi connectivity index (χ4v) is 4.44. The van der Waals surface area contributed by atoms with Crippen LogP contribution in [-0.4, -0.2) is 52.2 Å². The summed E-state index contributed by atoms with van der Waals surface area (Å²) in [5, 5.41) is 4.15. The third kappa shape index (κ3) is 3.66. The normalized spacial score (nSPS) is 23.3. The van der Waals surface area contributed by atoms with E-state index in [-0.39, 0.29) is 23.6 Å². The van der Waals surface area contributed by atoms with Crippen LogP contribution in [0.4, 0.5) is 4.39 Å². The molecule has 2 aromatic rings. The van der Waals surface area contributed by atoms with Gasteiger partial charge in [-0.25, -0.2) is 9.37 Å². The molecule has 1 saturated carbocycles. The molecule has 1 unspecified atom stereocenters.